The van der Waals surface area contributed by atoms with Gasteiger partial charge in [0.25, 0.3) is 5.91 Å². The van der Waals surface area contributed by atoms with Crippen LogP contribution in [0.5, 0.6) is 0 Å². The monoisotopic (exact) mass is 367 g/mol. The highest BCUT2D eigenvalue weighted by Crippen LogP contribution is 2.28. The van der Waals surface area contributed by atoms with Gasteiger partial charge in [-0.1, -0.05) is 35.6 Å². The Morgan fingerprint density at radius 2 is 2.04 bits per heavy atom. The van der Waals surface area contributed by atoms with Gasteiger partial charge in [-0.2, -0.15) is 0 Å². The second-order valence-corrected chi connectivity index (χ2v) is 7.51. The highest BCUT2D eigenvalue weighted by Gasteiger charge is 2.14. The van der Waals surface area contributed by atoms with Crippen molar-refractivity contribution in [2.45, 2.75) is 13.5 Å². The van der Waals surface area contributed by atoms with Crippen molar-refractivity contribution >= 4 is 32.6 Å². The SMILES string of the molecule is Cc1ccccc1C(=O)Nc1nc2ccc(CN3CCOCC3)cc2s1. The Balaban J connectivity index is 1.50. The number of nitrogens with one attached hydrogen (secondary N) is 1. The Kier molecular flexibility index (Phi) is 4.97. The van der Waals surface area contributed by atoms with E-state index in [0.29, 0.717) is 10.7 Å². The molecule has 0 bridgehead atoms. The third-order valence-electron chi connectivity index (χ3n) is 4.57. The molecule has 1 N–H and O–H groups in total. The lowest BCUT2D eigenvalue weighted by Gasteiger charge is -2.26. The fourth-order valence-corrected chi connectivity index (χ4v) is 4.06. The highest BCUT2D eigenvalue weighted by molar-refractivity contribution is 7.22. The molecule has 3 aromatic rings. The van der Waals surface area contributed by atoms with E-state index in [1.54, 1.807) is 0 Å². The van der Waals surface area contributed by atoms with Gasteiger partial charge >= 0.3 is 0 Å². The Morgan fingerprint density at radius 3 is 2.85 bits per heavy atom. The van der Waals surface area contributed by atoms with Crippen LogP contribution in [-0.2, 0) is 11.3 Å². The van der Waals surface area contributed by atoms with Crippen LogP contribution < -0.4 is 5.32 Å². The van der Waals surface area contributed by atoms with Gasteiger partial charge in [0.1, 0.15) is 0 Å². The van der Waals surface area contributed by atoms with Crippen LogP contribution in [0.3, 0.4) is 0 Å². The predicted octanol–water partition coefficient (Wildman–Crippen LogP) is 3.69. The van der Waals surface area contributed by atoms with Crippen LogP contribution in [0.2, 0.25) is 0 Å². The standard InChI is InChI=1S/C20H21N3O2S/c1-14-4-2-3-5-16(14)19(24)22-20-21-17-7-6-15(12-18(17)26-20)13-23-8-10-25-11-9-23/h2-7,12H,8-11,13H2,1H3,(H,21,22,24). The molecule has 0 saturated carbocycles. The summed E-state index contributed by atoms with van der Waals surface area (Å²) in [5.74, 6) is -0.115. The number of aromatic nitrogens is 1. The number of anilines is 1. The zero-order valence-corrected chi connectivity index (χ0v) is 15.5. The van der Waals surface area contributed by atoms with Gasteiger partial charge in [0, 0.05) is 25.2 Å². The maximum Gasteiger partial charge on any atom is 0.257 e. The van der Waals surface area contributed by atoms with Crippen molar-refractivity contribution in [2.75, 3.05) is 31.6 Å². The zero-order chi connectivity index (χ0) is 17.9. The summed E-state index contributed by atoms with van der Waals surface area (Å²) < 4.78 is 6.50. The van der Waals surface area contributed by atoms with Crippen molar-refractivity contribution in [1.29, 1.82) is 0 Å². The third kappa shape index (κ3) is 3.77. The Hall–Kier alpha value is -2.28. The van der Waals surface area contributed by atoms with Crippen LogP contribution in [0.15, 0.2) is 42.5 Å². The molecule has 1 amide bonds. The van der Waals surface area contributed by atoms with Crippen LogP contribution in [0.1, 0.15) is 21.5 Å². The topological polar surface area (TPSA) is 54.5 Å². The van der Waals surface area contributed by atoms with E-state index < -0.39 is 0 Å². The van der Waals surface area contributed by atoms with Crippen LogP contribution in [0.25, 0.3) is 10.2 Å². The smallest absolute Gasteiger partial charge is 0.257 e. The lowest BCUT2D eigenvalue weighted by Crippen LogP contribution is -2.35. The number of hydrogen-bond donors (Lipinski definition) is 1. The first kappa shape index (κ1) is 17.1. The molecule has 4 rings (SSSR count). The largest absolute Gasteiger partial charge is 0.379 e. The molecule has 0 atom stereocenters. The van der Waals surface area contributed by atoms with Crippen molar-refractivity contribution in [3.8, 4) is 0 Å². The molecule has 1 aromatic heterocycles. The average Bonchev–Trinajstić information content (AvgIpc) is 3.04. The van der Waals surface area contributed by atoms with E-state index in [-0.39, 0.29) is 5.91 Å². The maximum absolute atomic E-state index is 12.5. The molecule has 0 aliphatic carbocycles. The van der Waals surface area contributed by atoms with E-state index in [4.69, 9.17) is 4.74 Å². The lowest BCUT2D eigenvalue weighted by atomic mass is 10.1. The van der Waals surface area contributed by atoms with Crippen LogP contribution in [0.4, 0.5) is 5.13 Å². The average molecular weight is 367 g/mol. The number of hydrogen-bond acceptors (Lipinski definition) is 5. The van der Waals surface area contributed by atoms with Crippen molar-refractivity contribution in [3.63, 3.8) is 0 Å². The minimum Gasteiger partial charge on any atom is -0.379 e. The van der Waals surface area contributed by atoms with E-state index in [9.17, 15) is 4.79 Å². The molecular weight excluding hydrogens is 346 g/mol. The van der Waals surface area contributed by atoms with Crippen molar-refractivity contribution in [3.05, 3.63) is 59.2 Å². The summed E-state index contributed by atoms with van der Waals surface area (Å²) in [7, 11) is 0. The number of carbonyl (C=O) groups excluding carboxylic acids is 1. The first-order valence-electron chi connectivity index (χ1n) is 8.75. The van der Waals surface area contributed by atoms with Crippen molar-refractivity contribution < 1.29 is 9.53 Å². The minimum absolute atomic E-state index is 0.115. The van der Waals surface area contributed by atoms with Crippen molar-refractivity contribution in [1.82, 2.24) is 9.88 Å². The molecule has 5 nitrogen and oxygen atoms in total. The Labute approximate surface area is 156 Å². The van der Waals surface area contributed by atoms with Gasteiger partial charge in [0.05, 0.1) is 23.4 Å². The normalized spacial score (nSPS) is 15.3. The van der Waals surface area contributed by atoms with E-state index in [0.717, 1.165) is 48.6 Å². The molecule has 1 fully saturated rings. The zero-order valence-electron chi connectivity index (χ0n) is 14.7. The molecule has 1 aliphatic heterocycles. The molecule has 134 valence electrons. The van der Waals surface area contributed by atoms with E-state index >= 15 is 0 Å². The molecule has 0 radical (unpaired) electrons. The van der Waals surface area contributed by atoms with E-state index in [1.807, 2.05) is 37.3 Å². The van der Waals surface area contributed by atoms with Gasteiger partial charge in [-0.05, 0) is 36.2 Å². The van der Waals surface area contributed by atoms with Gasteiger partial charge in [-0.15, -0.1) is 0 Å². The quantitative estimate of drug-likeness (QED) is 0.764. The predicted molar refractivity (Wildman–Crippen MR) is 105 cm³/mol. The molecule has 0 spiro atoms. The number of fused-ring (bicyclic) bond motifs is 1. The highest BCUT2D eigenvalue weighted by atomic mass is 32.1. The van der Waals surface area contributed by atoms with Crippen molar-refractivity contribution in [2.24, 2.45) is 0 Å². The van der Waals surface area contributed by atoms with Gasteiger partial charge in [0.15, 0.2) is 5.13 Å². The molecule has 0 unspecified atom stereocenters. The van der Waals surface area contributed by atoms with Gasteiger partial charge in [0.2, 0.25) is 0 Å². The molecule has 2 aromatic carbocycles. The number of nitrogens with zero attached hydrogens (tertiary/aromatic N) is 2. The first-order chi connectivity index (χ1) is 12.7. The molecule has 1 saturated heterocycles. The number of carbonyl (C=O) groups is 1. The van der Waals surface area contributed by atoms with E-state index in [1.165, 1.54) is 16.9 Å². The molecular formula is C20H21N3O2S. The van der Waals surface area contributed by atoms with E-state index in [2.05, 4.69) is 27.3 Å². The molecule has 1 aliphatic rings. The Morgan fingerprint density at radius 1 is 1.23 bits per heavy atom. The molecule has 2 heterocycles. The number of aryl methyl sites for hydroxylation is 1. The first-order valence-corrected chi connectivity index (χ1v) is 9.57. The lowest BCUT2D eigenvalue weighted by molar-refractivity contribution is 0.0342. The third-order valence-corrected chi connectivity index (χ3v) is 5.51. The minimum atomic E-state index is -0.115. The fraction of sp³-hybridized carbons (Fsp3) is 0.300. The number of amides is 1. The summed E-state index contributed by atoms with van der Waals surface area (Å²) in [4.78, 5) is 19.4. The van der Waals surface area contributed by atoms with Crippen LogP contribution in [0, 0.1) is 6.92 Å². The summed E-state index contributed by atoms with van der Waals surface area (Å²) in [6.07, 6.45) is 0. The summed E-state index contributed by atoms with van der Waals surface area (Å²) in [6, 6.07) is 13.9. The maximum atomic E-state index is 12.5. The molecule has 26 heavy (non-hydrogen) atoms. The number of ether oxygens (including phenoxy) is 1. The molecule has 6 heteroatoms. The van der Waals surface area contributed by atoms with Gasteiger partial charge in [-0.3, -0.25) is 15.0 Å². The number of rotatable bonds is 4. The Bertz CT molecular complexity index is 932. The van der Waals surface area contributed by atoms with Gasteiger partial charge < -0.3 is 4.74 Å². The summed E-state index contributed by atoms with van der Waals surface area (Å²) in [5.41, 5.74) is 3.82. The van der Waals surface area contributed by atoms with Gasteiger partial charge in [-0.25, -0.2) is 4.98 Å². The second kappa shape index (κ2) is 7.53. The van der Waals surface area contributed by atoms with Crippen LogP contribution >= 0.6 is 11.3 Å². The summed E-state index contributed by atoms with van der Waals surface area (Å²) in [5, 5.41) is 3.57. The number of morpholine rings is 1. The fourth-order valence-electron chi connectivity index (χ4n) is 3.13. The number of benzene rings is 2. The second-order valence-electron chi connectivity index (χ2n) is 6.48. The summed E-state index contributed by atoms with van der Waals surface area (Å²) in [6.45, 7) is 6.40. The summed E-state index contributed by atoms with van der Waals surface area (Å²) >= 11 is 1.52. The number of thiazole rings is 1. The van der Waals surface area contributed by atoms with Crippen LogP contribution in [-0.4, -0.2) is 42.1 Å².